The van der Waals surface area contributed by atoms with Gasteiger partial charge in [-0.1, -0.05) is 70.9 Å². The van der Waals surface area contributed by atoms with E-state index >= 15 is 0 Å². The number of benzene rings is 3. The molecule has 2 aliphatic heterocycles. The third kappa shape index (κ3) is 3.80. The van der Waals surface area contributed by atoms with Crippen molar-refractivity contribution >= 4 is 38.2 Å². The molecule has 0 amide bonds. The first-order chi connectivity index (χ1) is 23.7. The first-order valence-corrected chi connectivity index (χ1v) is 20.2. The summed E-state index contributed by atoms with van der Waals surface area (Å²) in [5.74, 6) is 1.73. The van der Waals surface area contributed by atoms with Crippen molar-refractivity contribution in [3.8, 4) is 21.7 Å². The second kappa shape index (κ2) is 10.5. The minimum atomic E-state index is -0.355. The van der Waals surface area contributed by atoms with E-state index in [-0.39, 0.29) is 11.2 Å². The fraction of sp³-hybridized carbons (Fsp3) is 0.467. The molecule has 1 unspecified atom stereocenters. The van der Waals surface area contributed by atoms with Crippen LogP contribution in [0.4, 0.5) is 0 Å². The SMILES string of the molecule is Cc1cc(C)c2ccc3[n+](c2c1)C1(c2ccc4c(c2-3)-c2sc3ccccc3c2C4(C)C)N(C2CCCCC2)C(C(C)C)=[N+]1C1CCCCC1. The van der Waals surface area contributed by atoms with Crippen LogP contribution in [0.1, 0.15) is 120 Å². The smallest absolute Gasteiger partial charge is 0.155 e. The molecule has 49 heavy (non-hydrogen) atoms. The van der Waals surface area contributed by atoms with Crippen LogP contribution in [0, 0.1) is 19.8 Å². The van der Waals surface area contributed by atoms with Crippen molar-refractivity contribution in [2.45, 2.75) is 129 Å². The minimum absolute atomic E-state index is 0.0507. The molecule has 3 nitrogen and oxygen atoms in total. The van der Waals surface area contributed by atoms with Gasteiger partial charge in [0, 0.05) is 38.1 Å². The Morgan fingerprint density at radius 2 is 1.49 bits per heavy atom. The van der Waals surface area contributed by atoms with E-state index < -0.39 is 0 Å². The zero-order valence-electron chi connectivity index (χ0n) is 30.3. The number of hydrogen-bond donors (Lipinski definition) is 0. The van der Waals surface area contributed by atoms with Gasteiger partial charge in [-0.3, -0.25) is 0 Å². The van der Waals surface area contributed by atoms with E-state index in [1.54, 1.807) is 5.84 Å². The van der Waals surface area contributed by atoms with Crippen LogP contribution in [0.25, 0.3) is 42.7 Å². The first kappa shape index (κ1) is 30.3. The highest BCUT2D eigenvalue weighted by atomic mass is 32.1. The predicted octanol–water partition coefficient (Wildman–Crippen LogP) is 11.0. The monoisotopic (exact) mass is 665 g/mol. The molecule has 5 aliphatic rings. The topological polar surface area (TPSA) is 10.1 Å². The largest absolute Gasteiger partial charge is 0.479 e. The van der Waals surface area contributed by atoms with Gasteiger partial charge in [-0.2, -0.15) is 9.48 Å². The molecule has 5 aromatic rings. The van der Waals surface area contributed by atoms with Crippen molar-refractivity contribution in [1.82, 2.24) is 4.90 Å². The molecule has 2 fully saturated rings. The Morgan fingerprint density at radius 3 is 2.24 bits per heavy atom. The molecule has 0 saturated heterocycles. The molecule has 10 rings (SSSR count). The highest BCUT2D eigenvalue weighted by Crippen LogP contribution is 2.62. The van der Waals surface area contributed by atoms with Crippen molar-refractivity contribution in [1.29, 1.82) is 0 Å². The lowest BCUT2D eigenvalue weighted by Crippen LogP contribution is -2.84. The molecule has 2 saturated carbocycles. The van der Waals surface area contributed by atoms with Gasteiger partial charge >= 0.3 is 5.79 Å². The molecule has 250 valence electrons. The van der Waals surface area contributed by atoms with Gasteiger partial charge in [-0.15, -0.1) is 15.9 Å². The second-order valence-electron chi connectivity index (χ2n) is 16.9. The predicted molar refractivity (Wildman–Crippen MR) is 205 cm³/mol. The number of nitrogens with zero attached hydrogens (tertiary/aromatic N) is 3. The molecule has 3 aromatic carbocycles. The standard InChI is InChI=1S/C45H51N3S/c1-27(2)43-46(30-15-9-7-10-16-30)45(47(43)31-17-11-8-12-18-31)35-23-22-34-40(42-41(44(34,5)6)33-19-13-14-20-38(33)49-42)39(35)36-24-21-32-29(4)25-28(3)26-37(32)48(36)45/h13-14,19-27,30-31H,7-12,15-18H2,1-6H3/q+2. The molecule has 0 radical (unpaired) electrons. The van der Waals surface area contributed by atoms with Crippen LogP contribution < -0.4 is 4.57 Å². The van der Waals surface area contributed by atoms with Crippen molar-refractivity contribution in [2.24, 2.45) is 5.92 Å². The van der Waals surface area contributed by atoms with Crippen molar-refractivity contribution in [3.63, 3.8) is 0 Å². The van der Waals surface area contributed by atoms with Crippen LogP contribution in [0.2, 0.25) is 0 Å². The van der Waals surface area contributed by atoms with Gasteiger partial charge in [0.1, 0.15) is 17.6 Å². The Morgan fingerprint density at radius 1 is 0.776 bits per heavy atom. The first-order valence-electron chi connectivity index (χ1n) is 19.4. The average molecular weight is 666 g/mol. The third-order valence-electron chi connectivity index (χ3n) is 13.2. The Bertz CT molecular complexity index is 2240. The molecular formula is C45H51N3S+2. The van der Waals surface area contributed by atoms with E-state index in [9.17, 15) is 0 Å². The summed E-state index contributed by atoms with van der Waals surface area (Å²) in [6.45, 7) is 14.5. The van der Waals surface area contributed by atoms with Crippen LogP contribution in [-0.2, 0) is 11.2 Å². The Kier molecular flexibility index (Phi) is 6.51. The van der Waals surface area contributed by atoms with Crippen LogP contribution >= 0.6 is 11.3 Å². The Labute approximate surface area is 296 Å². The van der Waals surface area contributed by atoms with Gasteiger partial charge in [0.25, 0.3) is 5.84 Å². The number of pyridine rings is 1. The number of aryl methyl sites for hydroxylation is 2. The van der Waals surface area contributed by atoms with Crippen molar-refractivity contribution in [3.05, 3.63) is 88.5 Å². The van der Waals surface area contributed by atoms with E-state index in [2.05, 4.69) is 116 Å². The van der Waals surface area contributed by atoms with Crippen LogP contribution in [0.3, 0.4) is 0 Å². The molecule has 0 bridgehead atoms. The minimum Gasteiger partial charge on any atom is -0.155 e. The number of amidine groups is 1. The van der Waals surface area contributed by atoms with Gasteiger partial charge in [0.15, 0.2) is 0 Å². The molecule has 0 N–H and O–H groups in total. The van der Waals surface area contributed by atoms with E-state index in [1.165, 1.54) is 135 Å². The van der Waals surface area contributed by atoms with Crippen molar-refractivity contribution < 1.29 is 9.14 Å². The van der Waals surface area contributed by atoms with Gasteiger partial charge in [0.2, 0.25) is 11.2 Å². The Balaban J connectivity index is 1.38. The maximum atomic E-state index is 3.02. The molecule has 1 spiro atoms. The lowest BCUT2D eigenvalue weighted by molar-refractivity contribution is -0.957. The molecule has 1 atom stereocenters. The summed E-state index contributed by atoms with van der Waals surface area (Å²) in [6, 6.07) is 25.3. The maximum Gasteiger partial charge on any atom is 0.479 e. The summed E-state index contributed by atoms with van der Waals surface area (Å²) in [6.07, 6.45) is 13.3. The summed E-state index contributed by atoms with van der Waals surface area (Å²) >= 11 is 2.03. The fourth-order valence-corrected chi connectivity index (χ4v) is 12.8. The van der Waals surface area contributed by atoms with Crippen LogP contribution in [-0.4, -0.2) is 27.4 Å². The normalized spacial score (nSPS) is 23.0. The number of hydrogen-bond acceptors (Lipinski definition) is 2. The van der Waals surface area contributed by atoms with Crippen LogP contribution in [0.15, 0.2) is 60.7 Å². The maximum absolute atomic E-state index is 3.02. The second-order valence-corrected chi connectivity index (χ2v) is 17.9. The molecule has 4 heteroatoms. The van der Waals surface area contributed by atoms with Crippen molar-refractivity contribution in [2.75, 3.05) is 0 Å². The number of thiophene rings is 1. The van der Waals surface area contributed by atoms with E-state index in [0.717, 1.165) is 0 Å². The summed E-state index contributed by atoms with van der Waals surface area (Å²) in [4.78, 5) is 4.53. The van der Waals surface area contributed by atoms with E-state index in [1.807, 2.05) is 11.3 Å². The lowest BCUT2D eigenvalue weighted by atomic mass is 9.79. The summed E-state index contributed by atoms with van der Waals surface area (Å²) < 4.78 is 7.33. The highest BCUT2D eigenvalue weighted by molar-refractivity contribution is 7.22. The van der Waals surface area contributed by atoms with E-state index in [0.29, 0.717) is 18.0 Å². The Hall–Kier alpha value is -3.50. The molecular weight excluding hydrogens is 615 g/mol. The summed E-state index contributed by atoms with van der Waals surface area (Å²) in [5, 5.41) is 2.83. The zero-order chi connectivity index (χ0) is 33.4. The van der Waals surface area contributed by atoms with E-state index in [4.69, 9.17) is 0 Å². The molecule has 2 aromatic heterocycles. The number of aromatic nitrogens is 1. The van der Waals surface area contributed by atoms with Gasteiger partial charge in [-0.05, 0) is 111 Å². The number of rotatable bonds is 3. The van der Waals surface area contributed by atoms with Crippen LogP contribution in [0.5, 0.6) is 0 Å². The number of fused-ring (bicyclic) bond motifs is 13. The highest BCUT2D eigenvalue weighted by Gasteiger charge is 2.78. The summed E-state index contributed by atoms with van der Waals surface area (Å²) in [7, 11) is 0. The fourth-order valence-electron chi connectivity index (χ4n) is 11.4. The molecule has 4 heterocycles. The average Bonchev–Trinajstić information content (AvgIpc) is 3.70. The zero-order valence-corrected chi connectivity index (χ0v) is 31.1. The third-order valence-corrected chi connectivity index (χ3v) is 14.4. The van der Waals surface area contributed by atoms with Gasteiger partial charge in [0.05, 0.1) is 11.5 Å². The lowest BCUT2D eigenvalue weighted by Gasteiger charge is -2.50. The summed E-state index contributed by atoms with van der Waals surface area (Å²) in [5.41, 5.74) is 13.1. The van der Waals surface area contributed by atoms with Gasteiger partial charge in [-0.25, -0.2) is 0 Å². The quantitative estimate of drug-likeness (QED) is 0.174. The molecule has 3 aliphatic carbocycles. The van der Waals surface area contributed by atoms with Gasteiger partial charge < -0.3 is 0 Å².